The first-order chi connectivity index (χ1) is 5.24. The number of hydrogen-bond donors (Lipinski definition) is 2. The Labute approximate surface area is 66.1 Å². The molecule has 1 aromatic rings. The molecule has 0 bridgehead atoms. The van der Waals surface area contributed by atoms with Gasteiger partial charge in [0, 0.05) is 12.1 Å². The monoisotopic (exact) mass is 151 g/mol. The maximum absolute atomic E-state index is 9.24. The largest absolute Gasteiger partial charge is 0.508 e. The van der Waals surface area contributed by atoms with Crippen molar-refractivity contribution in [2.75, 3.05) is 0 Å². The molecule has 1 aromatic carbocycles. The number of benzene rings is 1. The topological polar surface area (TPSA) is 40.5 Å². The quantitative estimate of drug-likeness (QED) is 0.677. The summed E-state index contributed by atoms with van der Waals surface area (Å²) in [5.74, 6) is 0.144. The summed E-state index contributed by atoms with van der Waals surface area (Å²) in [7, 11) is 0. The fraction of sp³-hybridized carbons (Fsp3) is 0.333. The molecule has 0 saturated carbocycles. The Morgan fingerprint density at radius 2 is 2.18 bits per heavy atom. The van der Waals surface area contributed by atoms with E-state index in [9.17, 15) is 5.11 Å². The van der Waals surface area contributed by atoms with E-state index in [4.69, 9.17) is 5.11 Å². The molecule has 1 radical (unpaired) electrons. The second-order valence-corrected chi connectivity index (χ2v) is 2.48. The first kappa shape index (κ1) is 7.92. The van der Waals surface area contributed by atoms with E-state index in [1.54, 1.807) is 6.07 Å². The standard InChI is InChI=1S/C9H11O2/c1-2-3-7-4-5-8(10)6-9(7)11/h4,6,10-11H,2-3H2,1H3. The van der Waals surface area contributed by atoms with E-state index in [1.165, 1.54) is 6.07 Å². The van der Waals surface area contributed by atoms with Gasteiger partial charge in [0.1, 0.15) is 11.5 Å². The van der Waals surface area contributed by atoms with Crippen LogP contribution in [0.2, 0.25) is 0 Å². The zero-order chi connectivity index (χ0) is 8.27. The minimum Gasteiger partial charge on any atom is -0.508 e. The van der Waals surface area contributed by atoms with Crippen LogP contribution in [0.25, 0.3) is 0 Å². The Balaban J connectivity index is 2.90. The van der Waals surface area contributed by atoms with Crippen molar-refractivity contribution >= 4 is 0 Å². The van der Waals surface area contributed by atoms with Crippen LogP contribution in [-0.4, -0.2) is 10.2 Å². The molecule has 0 aliphatic carbocycles. The smallest absolute Gasteiger partial charge is 0.127 e. The van der Waals surface area contributed by atoms with Crippen molar-refractivity contribution < 1.29 is 10.2 Å². The molecule has 0 unspecified atom stereocenters. The zero-order valence-corrected chi connectivity index (χ0v) is 6.46. The van der Waals surface area contributed by atoms with Gasteiger partial charge in [-0.15, -0.1) is 0 Å². The number of phenols is 2. The van der Waals surface area contributed by atoms with Gasteiger partial charge in [-0.2, -0.15) is 0 Å². The Morgan fingerprint density at radius 3 is 2.73 bits per heavy atom. The molecule has 1 rings (SSSR count). The van der Waals surface area contributed by atoms with Gasteiger partial charge in [0.05, 0.1) is 0 Å². The molecule has 2 N–H and O–H groups in total. The number of aryl methyl sites for hydroxylation is 1. The van der Waals surface area contributed by atoms with Crippen molar-refractivity contribution in [3.63, 3.8) is 0 Å². The lowest BCUT2D eigenvalue weighted by atomic mass is 10.1. The molecule has 2 nitrogen and oxygen atoms in total. The molecule has 0 amide bonds. The Kier molecular flexibility index (Phi) is 2.36. The zero-order valence-electron chi connectivity index (χ0n) is 6.46. The molecule has 11 heavy (non-hydrogen) atoms. The number of rotatable bonds is 2. The molecule has 0 spiro atoms. The third-order valence-electron chi connectivity index (χ3n) is 1.52. The van der Waals surface area contributed by atoms with E-state index in [1.807, 2.05) is 6.92 Å². The SMILES string of the molecule is CCCc1c[c]c(O)cc1O. The van der Waals surface area contributed by atoms with E-state index in [-0.39, 0.29) is 11.5 Å². The summed E-state index contributed by atoms with van der Waals surface area (Å²) in [6.45, 7) is 2.03. The van der Waals surface area contributed by atoms with Crippen LogP contribution in [0.15, 0.2) is 12.1 Å². The molecule has 0 saturated heterocycles. The van der Waals surface area contributed by atoms with Crippen LogP contribution < -0.4 is 0 Å². The van der Waals surface area contributed by atoms with Crippen LogP contribution in [0.1, 0.15) is 18.9 Å². The molecular weight excluding hydrogens is 140 g/mol. The van der Waals surface area contributed by atoms with Gasteiger partial charge in [-0.25, -0.2) is 0 Å². The molecular formula is C9H11O2. The third kappa shape index (κ3) is 1.87. The van der Waals surface area contributed by atoms with Crippen molar-refractivity contribution in [2.24, 2.45) is 0 Å². The normalized spacial score (nSPS) is 9.91. The van der Waals surface area contributed by atoms with Crippen LogP contribution in [0.3, 0.4) is 0 Å². The van der Waals surface area contributed by atoms with E-state index in [2.05, 4.69) is 6.07 Å². The molecule has 59 valence electrons. The van der Waals surface area contributed by atoms with E-state index in [0.717, 1.165) is 18.4 Å². The number of aromatic hydroxyl groups is 2. The lowest BCUT2D eigenvalue weighted by Gasteiger charge is -2.01. The van der Waals surface area contributed by atoms with Gasteiger partial charge in [-0.3, -0.25) is 0 Å². The van der Waals surface area contributed by atoms with E-state index < -0.39 is 0 Å². The lowest BCUT2D eigenvalue weighted by Crippen LogP contribution is -1.83. The van der Waals surface area contributed by atoms with Crippen molar-refractivity contribution in [2.45, 2.75) is 19.8 Å². The predicted octanol–water partition coefficient (Wildman–Crippen LogP) is 1.85. The highest BCUT2D eigenvalue weighted by atomic mass is 16.3. The van der Waals surface area contributed by atoms with Crippen molar-refractivity contribution in [1.29, 1.82) is 0 Å². The van der Waals surface area contributed by atoms with Crippen LogP contribution >= 0.6 is 0 Å². The van der Waals surface area contributed by atoms with Crippen LogP contribution in [-0.2, 0) is 6.42 Å². The molecule has 0 fully saturated rings. The van der Waals surface area contributed by atoms with Gasteiger partial charge in [0.25, 0.3) is 0 Å². The van der Waals surface area contributed by atoms with Crippen molar-refractivity contribution in [1.82, 2.24) is 0 Å². The molecule has 0 atom stereocenters. The van der Waals surface area contributed by atoms with Crippen LogP contribution in [0.5, 0.6) is 11.5 Å². The summed E-state index contributed by atoms with van der Waals surface area (Å²) in [6, 6.07) is 5.55. The van der Waals surface area contributed by atoms with E-state index >= 15 is 0 Å². The van der Waals surface area contributed by atoms with Gasteiger partial charge in [-0.05, 0) is 18.1 Å². The van der Waals surface area contributed by atoms with Gasteiger partial charge < -0.3 is 10.2 Å². The first-order valence-electron chi connectivity index (χ1n) is 3.66. The fourth-order valence-electron chi connectivity index (χ4n) is 0.968. The summed E-state index contributed by atoms with van der Waals surface area (Å²) in [4.78, 5) is 0. The Bertz CT molecular complexity index is 243. The molecule has 0 aliphatic heterocycles. The summed E-state index contributed by atoms with van der Waals surface area (Å²) in [6.07, 6.45) is 1.80. The second kappa shape index (κ2) is 3.28. The van der Waals surface area contributed by atoms with E-state index in [0.29, 0.717) is 0 Å². The number of phenolic OH excluding ortho intramolecular Hbond substituents is 2. The number of hydrogen-bond acceptors (Lipinski definition) is 2. The molecule has 2 heteroatoms. The maximum Gasteiger partial charge on any atom is 0.127 e. The highest BCUT2D eigenvalue weighted by Crippen LogP contribution is 2.22. The minimum atomic E-state index is -0.0117. The second-order valence-electron chi connectivity index (χ2n) is 2.48. The average Bonchev–Trinajstić information content (AvgIpc) is 1.95. The van der Waals surface area contributed by atoms with Gasteiger partial charge in [0.2, 0.25) is 0 Å². The summed E-state index contributed by atoms with van der Waals surface area (Å²) >= 11 is 0. The average molecular weight is 151 g/mol. The van der Waals surface area contributed by atoms with Crippen LogP contribution in [0, 0.1) is 6.07 Å². The summed E-state index contributed by atoms with van der Waals surface area (Å²) < 4.78 is 0. The Morgan fingerprint density at radius 1 is 1.45 bits per heavy atom. The first-order valence-corrected chi connectivity index (χ1v) is 3.66. The van der Waals surface area contributed by atoms with Gasteiger partial charge >= 0.3 is 0 Å². The predicted molar refractivity (Wildman–Crippen MR) is 42.6 cm³/mol. The lowest BCUT2D eigenvalue weighted by molar-refractivity contribution is 0.445. The third-order valence-corrected chi connectivity index (χ3v) is 1.52. The van der Waals surface area contributed by atoms with Crippen LogP contribution in [0.4, 0.5) is 0 Å². The molecule has 0 aliphatic rings. The molecule has 0 aromatic heterocycles. The maximum atomic E-state index is 9.24. The van der Waals surface area contributed by atoms with Gasteiger partial charge in [-0.1, -0.05) is 13.3 Å². The minimum absolute atomic E-state index is 0.0117. The highest BCUT2D eigenvalue weighted by Gasteiger charge is 1.99. The summed E-state index contributed by atoms with van der Waals surface area (Å²) in [5, 5.41) is 18.1. The highest BCUT2D eigenvalue weighted by molar-refractivity contribution is 5.37. The molecule has 0 heterocycles. The Hall–Kier alpha value is -1.18. The fourth-order valence-corrected chi connectivity index (χ4v) is 0.968. The van der Waals surface area contributed by atoms with Gasteiger partial charge in [0.15, 0.2) is 0 Å². The van der Waals surface area contributed by atoms with Crippen molar-refractivity contribution in [3.8, 4) is 11.5 Å². The van der Waals surface area contributed by atoms with Crippen molar-refractivity contribution in [3.05, 3.63) is 23.8 Å². The summed E-state index contributed by atoms with van der Waals surface area (Å²) in [5.41, 5.74) is 0.838.